The highest BCUT2D eigenvalue weighted by atomic mass is 16.5. The molecule has 0 radical (unpaired) electrons. The van der Waals surface area contributed by atoms with Gasteiger partial charge in [-0.1, -0.05) is 36.4 Å². The molecule has 4 aliphatic rings. The van der Waals surface area contributed by atoms with Crippen LogP contribution in [0, 0.1) is 0 Å². The first-order chi connectivity index (χ1) is 17.4. The van der Waals surface area contributed by atoms with Gasteiger partial charge < -0.3 is 24.8 Å². The lowest BCUT2D eigenvalue weighted by Crippen LogP contribution is -2.73. The van der Waals surface area contributed by atoms with E-state index in [0.29, 0.717) is 31.4 Å². The molecule has 4 atom stereocenters. The summed E-state index contributed by atoms with van der Waals surface area (Å²) >= 11 is 0. The number of likely N-dealkylation sites (tertiary alicyclic amines) is 1. The van der Waals surface area contributed by atoms with E-state index in [2.05, 4.69) is 35.1 Å². The minimum absolute atomic E-state index is 0.00796. The van der Waals surface area contributed by atoms with Crippen LogP contribution in [0.15, 0.2) is 48.5 Å². The molecule has 1 saturated heterocycles. The fourth-order valence-corrected chi connectivity index (χ4v) is 7.65. The summed E-state index contributed by atoms with van der Waals surface area (Å²) in [5, 5.41) is 23.2. The Balaban J connectivity index is 1.19. The maximum absolute atomic E-state index is 12.6. The summed E-state index contributed by atoms with van der Waals surface area (Å²) in [5.74, 6) is 0.947. The molecule has 6 heteroatoms. The molecule has 1 unspecified atom stereocenters. The third-order valence-electron chi connectivity index (χ3n) is 9.40. The van der Waals surface area contributed by atoms with Gasteiger partial charge in [0.2, 0.25) is 0 Å². The van der Waals surface area contributed by atoms with E-state index in [-0.39, 0.29) is 23.7 Å². The van der Waals surface area contributed by atoms with Gasteiger partial charge in [-0.15, -0.1) is 0 Å². The number of Topliss-reactive ketones (excluding diaryl/α,β-unsaturated/α-hetero) is 1. The maximum atomic E-state index is 12.6. The van der Waals surface area contributed by atoms with Gasteiger partial charge in [0.25, 0.3) is 0 Å². The van der Waals surface area contributed by atoms with Crippen LogP contribution in [0.5, 0.6) is 11.5 Å². The van der Waals surface area contributed by atoms with E-state index in [1.165, 1.54) is 11.1 Å². The number of phenols is 1. The number of carbonyl (C=O) groups excluding carboxylic acids is 1. The molecule has 1 aromatic heterocycles. The van der Waals surface area contributed by atoms with Gasteiger partial charge in [0.1, 0.15) is 5.78 Å². The number of nitrogens with one attached hydrogen (secondary N) is 1. The summed E-state index contributed by atoms with van der Waals surface area (Å²) in [6.07, 6.45) is 4.15. The zero-order valence-corrected chi connectivity index (χ0v) is 20.6. The van der Waals surface area contributed by atoms with Crippen molar-refractivity contribution in [3.05, 3.63) is 82.2 Å². The number of ether oxygens (including phenoxy) is 1. The molecule has 0 saturated carbocycles. The third kappa shape index (κ3) is 2.88. The molecule has 6 nitrogen and oxygen atoms in total. The second-order valence-corrected chi connectivity index (χ2v) is 11.2. The van der Waals surface area contributed by atoms with Crippen molar-refractivity contribution >= 4 is 5.78 Å². The monoisotopic (exact) mass is 484 g/mol. The van der Waals surface area contributed by atoms with Gasteiger partial charge in [-0.05, 0) is 68.1 Å². The molecule has 1 spiro atoms. The van der Waals surface area contributed by atoms with Gasteiger partial charge in [0, 0.05) is 36.6 Å². The van der Waals surface area contributed by atoms with E-state index in [1.807, 2.05) is 24.3 Å². The molecular weight excluding hydrogens is 452 g/mol. The minimum atomic E-state index is -0.978. The van der Waals surface area contributed by atoms with Crippen molar-refractivity contribution in [1.29, 1.82) is 0 Å². The normalized spacial score (nSPS) is 29.4. The summed E-state index contributed by atoms with van der Waals surface area (Å²) in [6, 6.07) is 16.0. The molecule has 186 valence electrons. The number of nitrogens with zero attached hydrogens (tertiary/aromatic N) is 1. The Kier molecular flexibility index (Phi) is 4.74. The van der Waals surface area contributed by atoms with E-state index in [1.54, 1.807) is 6.07 Å². The molecule has 36 heavy (non-hydrogen) atoms. The molecular formula is C30H32N2O4. The molecule has 2 aromatic carbocycles. The highest BCUT2D eigenvalue weighted by Gasteiger charge is 2.72. The number of aromatic amines is 1. The predicted molar refractivity (Wildman–Crippen MR) is 135 cm³/mol. The first kappa shape index (κ1) is 22.1. The van der Waals surface area contributed by atoms with Crippen molar-refractivity contribution in [2.45, 2.75) is 68.1 Å². The Morgan fingerprint density at radius 1 is 1.14 bits per heavy atom. The number of hydrogen-bond acceptors (Lipinski definition) is 5. The highest BCUT2D eigenvalue weighted by Crippen LogP contribution is 2.68. The topological polar surface area (TPSA) is 85.8 Å². The van der Waals surface area contributed by atoms with E-state index in [9.17, 15) is 15.0 Å². The summed E-state index contributed by atoms with van der Waals surface area (Å²) in [4.78, 5) is 18.5. The van der Waals surface area contributed by atoms with Crippen LogP contribution in [0.2, 0.25) is 0 Å². The van der Waals surface area contributed by atoms with Crippen molar-refractivity contribution in [2.24, 2.45) is 0 Å². The smallest absolute Gasteiger partial charge is 0.166 e. The Hall–Kier alpha value is -3.09. The first-order valence-electron chi connectivity index (χ1n) is 13.1. The van der Waals surface area contributed by atoms with Crippen LogP contribution in [-0.2, 0) is 35.9 Å². The molecule has 3 aromatic rings. The van der Waals surface area contributed by atoms with Crippen molar-refractivity contribution in [2.75, 3.05) is 13.6 Å². The SMILES string of the molecule is CN1CC[C@]23c4c5ccc(O)c4OC2c2[nH]c(CCC(=O)CCc4ccccc4)cc2C[C@@]3(O)[C@@H]1C5. The number of aromatic nitrogens is 1. The zero-order chi connectivity index (χ0) is 24.7. The predicted octanol–water partition coefficient (Wildman–Crippen LogP) is 3.77. The number of piperidine rings is 1. The molecule has 0 amide bonds. The van der Waals surface area contributed by atoms with E-state index < -0.39 is 11.0 Å². The number of aryl methyl sites for hydroxylation is 2. The quantitative estimate of drug-likeness (QED) is 0.496. The van der Waals surface area contributed by atoms with Crippen molar-refractivity contribution < 1.29 is 19.7 Å². The Bertz CT molecular complexity index is 1360. The number of rotatable bonds is 6. The largest absolute Gasteiger partial charge is 0.504 e. The van der Waals surface area contributed by atoms with Crippen LogP contribution < -0.4 is 4.74 Å². The second-order valence-electron chi connectivity index (χ2n) is 11.2. The number of aliphatic hydroxyl groups is 1. The standard InChI is InChI=1S/C30H32N2O4/c1-32-14-13-29-25-19-8-12-23(34)27(25)36-28(29)26-20(17-30(29,35)24(32)16-19)15-21(31-26)9-11-22(33)10-7-18-5-3-2-4-6-18/h2-6,8,12,15,24,28,31,34-35H,7,9-11,13-14,16-17H2,1H3/t24-,28?,29-,30+/m0/s1. The maximum Gasteiger partial charge on any atom is 0.166 e. The van der Waals surface area contributed by atoms with Gasteiger partial charge in [-0.2, -0.15) is 0 Å². The van der Waals surface area contributed by atoms with Crippen LogP contribution in [0.4, 0.5) is 0 Å². The van der Waals surface area contributed by atoms with Crippen LogP contribution in [0.1, 0.15) is 59.0 Å². The number of ketones is 1. The summed E-state index contributed by atoms with van der Waals surface area (Å²) in [6.45, 7) is 0.875. The number of benzene rings is 2. The van der Waals surface area contributed by atoms with Crippen molar-refractivity contribution in [3.63, 3.8) is 0 Å². The Morgan fingerprint density at radius 2 is 1.94 bits per heavy atom. The highest BCUT2D eigenvalue weighted by molar-refractivity contribution is 5.78. The molecule has 7 rings (SSSR count). The van der Waals surface area contributed by atoms with Gasteiger partial charge >= 0.3 is 0 Å². The number of H-pyrrole nitrogens is 1. The number of likely N-dealkylation sites (N-methyl/N-ethyl adjacent to an activating group) is 1. The lowest BCUT2D eigenvalue weighted by molar-refractivity contribution is -0.167. The van der Waals surface area contributed by atoms with Gasteiger partial charge in [-0.25, -0.2) is 0 Å². The Labute approximate surface area is 210 Å². The third-order valence-corrected chi connectivity index (χ3v) is 9.40. The average Bonchev–Trinajstić information content (AvgIpc) is 3.44. The fraction of sp³-hybridized carbons (Fsp3) is 0.433. The van der Waals surface area contributed by atoms with Crippen molar-refractivity contribution in [3.8, 4) is 11.5 Å². The number of aromatic hydroxyl groups is 1. The average molecular weight is 485 g/mol. The summed E-state index contributed by atoms with van der Waals surface area (Å²) in [7, 11) is 2.10. The van der Waals surface area contributed by atoms with E-state index >= 15 is 0 Å². The van der Waals surface area contributed by atoms with Crippen LogP contribution >= 0.6 is 0 Å². The van der Waals surface area contributed by atoms with Gasteiger partial charge in [-0.3, -0.25) is 4.79 Å². The lowest BCUT2D eigenvalue weighted by Gasteiger charge is -2.62. The van der Waals surface area contributed by atoms with Crippen LogP contribution in [0.25, 0.3) is 0 Å². The van der Waals surface area contributed by atoms with Gasteiger partial charge in [0.05, 0.1) is 16.7 Å². The number of fused-ring (bicyclic) bond motifs is 2. The molecule has 2 aliphatic heterocycles. The fourth-order valence-electron chi connectivity index (χ4n) is 7.65. The lowest BCUT2D eigenvalue weighted by atomic mass is 9.49. The van der Waals surface area contributed by atoms with Gasteiger partial charge in [0.15, 0.2) is 17.6 Å². The number of phenolic OH excluding ortho intramolecular Hbond substituents is 1. The number of hydrogen-bond donors (Lipinski definition) is 3. The molecule has 2 aliphatic carbocycles. The Morgan fingerprint density at radius 3 is 2.78 bits per heavy atom. The molecule has 3 heterocycles. The summed E-state index contributed by atoms with van der Waals surface area (Å²) in [5.41, 5.74) is 4.90. The zero-order valence-electron chi connectivity index (χ0n) is 20.6. The number of carbonyl (C=O) groups is 1. The molecule has 2 bridgehead atoms. The van der Waals surface area contributed by atoms with Crippen LogP contribution in [-0.4, -0.2) is 51.1 Å². The molecule has 3 N–H and O–H groups in total. The van der Waals surface area contributed by atoms with E-state index in [0.717, 1.165) is 48.3 Å². The van der Waals surface area contributed by atoms with Crippen molar-refractivity contribution in [1.82, 2.24) is 9.88 Å². The first-order valence-corrected chi connectivity index (χ1v) is 13.1. The van der Waals surface area contributed by atoms with E-state index in [4.69, 9.17) is 4.74 Å². The minimum Gasteiger partial charge on any atom is -0.504 e. The second kappa shape index (κ2) is 7.70. The summed E-state index contributed by atoms with van der Waals surface area (Å²) < 4.78 is 6.54. The molecule has 1 fully saturated rings. The van der Waals surface area contributed by atoms with Crippen LogP contribution in [0.3, 0.4) is 0 Å².